The number of phenols is 1. The molecule has 2 aromatic rings. The van der Waals surface area contributed by atoms with Crippen molar-refractivity contribution in [2.45, 2.75) is 4.90 Å². The third-order valence-corrected chi connectivity index (χ3v) is 4.14. The molecule has 4 nitrogen and oxygen atoms in total. The van der Waals surface area contributed by atoms with Gasteiger partial charge in [0.15, 0.2) is 5.75 Å². The number of hydrogen-bond donors (Lipinski definition) is 2. The minimum Gasteiger partial charge on any atom is -0.504 e. The van der Waals surface area contributed by atoms with Gasteiger partial charge in [-0.2, -0.15) is 0 Å². The second kappa shape index (κ2) is 5.45. The highest BCUT2D eigenvalue weighted by atomic mass is 35.5. The fourth-order valence-electron chi connectivity index (χ4n) is 1.54. The van der Waals surface area contributed by atoms with Gasteiger partial charge in [-0.15, -0.1) is 0 Å². The van der Waals surface area contributed by atoms with Crippen LogP contribution in [-0.2, 0) is 10.0 Å². The van der Waals surface area contributed by atoms with Crippen LogP contribution < -0.4 is 4.72 Å². The molecule has 0 radical (unpaired) electrons. The molecule has 0 saturated heterocycles. The van der Waals surface area contributed by atoms with Gasteiger partial charge in [0.1, 0.15) is 22.3 Å². The van der Waals surface area contributed by atoms with E-state index in [1.165, 1.54) is 0 Å². The average molecular weight is 338 g/mol. The van der Waals surface area contributed by atoms with E-state index in [1.807, 2.05) is 0 Å². The molecular formula is C12H7ClF3NO3S. The van der Waals surface area contributed by atoms with Crippen LogP contribution in [0.5, 0.6) is 5.75 Å². The van der Waals surface area contributed by atoms with E-state index in [9.17, 15) is 26.7 Å². The predicted molar refractivity (Wildman–Crippen MR) is 70.2 cm³/mol. The molecule has 21 heavy (non-hydrogen) atoms. The highest BCUT2D eigenvalue weighted by Gasteiger charge is 2.22. The Bertz CT molecular complexity index is 812. The van der Waals surface area contributed by atoms with Gasteiger partial charge in [0, 0.05) is 12.1 Å². The zero-order chi connectivity index (χ0) is 15.8. The first-order valence-electron chi connectivity index (χ1n) is 5.36. The summed E-state index contributed by atoms with van der Waals surface area (Å²) in [6, 6.07) is 3.27. The average Bonchev–Trinajstić information content (AvgIpc) is 2.34. The molecule has 0 bridgehead atoms. The first-order valence-corrected chi connectivity index (χ1v) is 7.22. The van der Waals surface area contributed by atoms with Crippen molar-refractivity contribution in [3.05, 3.63) is 52.8 Å². The Morgan fingerprint density at radius 1 is 1.05 bits per heavy atom. The van der Waals surface area contributed by atoms with Crippen LogP contribution in [0.3, 0.4) is 0 Å². The van der Waals surface area contributed by atoms with Gasteiger partial charge in [0.2, 0.25) is 0 Å². The fourth-order valence-corrected chi connectivity index (χ4v) is 2.86. The van der Waals surface area contributed by atoms with Crippen LogP contribution in [0.2, 0.25) is 5.02 Å². The molecule has 0 aliphatic heterocycles. The van der Waals surface area contributed by atoms with Crippen LogP contribution >= 0.6 is 11.6 Å². The number of anilines is 1. The Labute approximate surface area is 122 Å². The molecule has 0 heterocycles. The second-order valence-corrected chi connectivity index (χ2v) is 6.02. The second-order valence-electron chi connectivity index (χ2n) is 3.96. The Morgan fingerprint density at radius 2 is 1.71 bits per heavy atom. The molecule has 2 rings (SSSR count). The molecule has 0 amide bonds. The van der Waals surface area contributed by atoms with Crippen LogP contribution in [0.15, 0.2) is 35.2 Å². The Balaban J connectivity index is 2.47. The number of nitrogens with one attached hydrogen (secondary N) is 1. The molecule has 0 spiro atoms. The number of benzene rings is 2. The molecule has 9 heteroatoms. The summed E-state index contributed by atoms with van der Waals surface area (Å²) in [5.41, 5.74) is -0.566. The molecule has 0 atom stereocenters. The van der Waals surface area contributed by atoms with Crippen molar-refractivity contribution in [2.75, 3.05) is 4.72 Å². The maximum absolute atomic E-state index is 13.5. The minimum absolute atomic E-state index is 0.382. The summed E-state index contributed by atoms with van der Waals surface area (Å²) in [5, 5.41) is 9.14. The Morgan fingerprint density at radius 3 is 2.33 bits per heavy atom. The van der Waals surface area contributed by atoms with Gasteiger partial charge in [0.25, 0.3) is 10.0 Å². The summed E-state index contributed by atoms with van der Waals surface area (Å²) in [5.74, 6) is -3.91. The largest absolute Gasteiger partial charge is 0.504 e. The molecule has 2 aromatic carbocycles. The van der Waals surface area contributed by atoms with Crippen molar-refractivity contribution in [3.63, 3.8) is 0 Å². The molecular weight excluding hydrogens is 331 g/mol. The predicted octanol–water partition coefficient (Wildman–Crippen LogP) is 3.26. The van der Waals surface area contributed by atoms with E-state index in [0.717, 1.165) is 12.1 Å². The standard InChI is InChI=1S/C12H7ClF3NO3S/c13-8-3-7(15)5-10(12(8)18)17-21(19,20)11-2-1-6(14)4-9(11)16/h1-5,17-18H. The van der Waals surface area contributed by atoms with E-state index in [4.69, 9.17) is 11.6 Å². The number of halogens is 4. The van der Waals surface area contributed by atoms with Gasteiger partial charge in [0.05, 0.1) is 10.7 Å². The maximum Gasteiger partial charge on any atom is 0.264 e. The first-order chi connectivity index (χ1) is 9.70. The smallest absolute Gasteiger partial charge is 0.264 e. The number of phenolic OH excluding ortho intramolecular Hbond substituents is 1. The van der Waals surface area contributed by atoms with Crippen molar-refractivity contribution in [3.8, 4) is 5.75 Å². The van der Waals surface area contributed by atoms with Crippen LogP contribution in [0.1, 0.15) is 0 Å². The zero-order valence-corrected chi connectivity index (χ0v) is 11.6. The number of sulfonamides is 1. The summed E-state index contributed by atoms with van der Waals surface area (Å²) in [4.78, 5) is -0.858. The Kier molecular flexibility index (Phi) is 4.02. The Hall–Kier alpha value is -1.93. The molecule has 2 N–H and O–H groups in total. The van der Waals surface area contributed by atoms with Crippen LogP contribution in [0.25, 0.3) is 0 Å². The normalized spacial score (nSPS) is 11.4. The third kappa shape index (κ3) is 3.22. The highest BCUT2D eigenvalue weighted by molar-refractivity contribution is 7.92. The summed E-state index contributed by atoms with van der Waals surface area (Å²) in [6.07, 6.45) is 0. The van der Waals surface area contributed by atoms with Crippen molar-refractivity contribution in [1.82, 2.24) is 0 Å². The van der Waals surface area contributed by atoms with Crippen LogP contribution in [-0.4, -0.2) is 13.5 Å². The number of aromatic hydroxyl groups is 1. The number of rotatable bonds is 3. The highest BCUT2D eigenvalue weighted by Crippen LogP contribution is 2.34. The molecule has 0 aromatic heterocycles. The lowest BCUT2D eigenvalue weighted by Crippen LogP contribution is -2.15. The van der Waals surface area contributed by atoms with Crippen molar-refractivity contribution >= 4 is 27.3 Å². The van der Waals surface area contributed by atoms with E-state index in [-0.39, 0.29) is 0 Å². The fraction of sp³-hybridized carbons (Fsp3) is 0. The monoisotopic (exact) mass is 337 g/mol. The summed E-state index contributed by atoms with van der Waals surface area (Å²) >= 11 is 5.50. The van der Waals surface area contributed by atoms with E-state index in [1.54, 1.807) is 4.72 Å². The number of hydrogen-bond acceptors (Lipinski definition) is 3. The van der Waals surface area contributed by atoms with Gasteiger partial charge in [-0.25, -0.2) is 21.6 Å². The lowest BCUT2D eigenvalue weighted by molar-refractivity contribution is 0.476. The molecule has 0 unspecified atom stereocenters. The van der Waals surface area contributed by atoms with Gasteiger partial charge in [-0.05, 0) is 18.2 Å². The summed E-state index contributed by atoms with van der Waals surface area (Å²) in [6.45, 7) is 0. The van der Waals surface area contributed by atoms with E-state index >= 15 is 0 Å². The lowest BCUT2D eigenvalue weighted by Gasteiger charge is -2.11. The van der Waals surface area contributed by atoms with Crippen molar-refractivity contribution in [1.29, 1.82) is 0 Å². The van der Waals surface area contributed by atoms with E-state index < -0.39 is 48.8 Å². The summed E-state index contributed by atoms with van der Waals surface area (Å²) in [7, 11) is -4.49. The van der Waals surface area contributed by atoms with Gasteiger partial charge in [-0.3, -0.25) is 4.72 Å². The van der Waals surface area contributed by atoms with Crippen LogP contribution in [0, 0.1) is 17.5 Å². The van der Waals surface area contributed by atoms with Crippen molar-refractivity contribution < 1.29 is 26.7 Å². The van der Waals surface area contributed by atoms with Crippen molar-refractivity contribution in [2.24, 2.45) is 0 Å². The summed E-state index contributed by atoms with van der Waals surface area (Å²) < 4.78 is 65.1. The topological polar surface area (TPSA) is 66.4 Å². The molecule has 0 aliphatic rings. The van der Waals surface area contributed by atoms with E-state index in [0.29, 0.717) is 18.2 Å². The molecule has 0 aliphatic carbocycles. The zero-order valence-electron chi connectivity index (χ0n) is 10.1. The SMILES string of the molecule is O=S(=O)(Nc1cc(F)cc(Cl)c1O)c1ccc(F)cc1F. The maximum atomic E-state index is 13.5. The third-order valence-electron chi connectivity index (χ3n) is 2.46. The molecule has 0 fully saturated rings. The molecule has 112 valence electrons. The van der Waals surface area contributed by atoms with Gasteiger partial charge < -0.3 is 5.11 Å². The quantitative estimate of drug-likeness (QED) is 0.845. The lowest BCUT2D eigenvalue weighted by atomic mass is 10.3. The van der Waals surface area contributed by atoms with E-state index in [2.05, 4.69) is 0 Å². The van der Waals surface area contributed by atoms with Crippen LogP contribution in [0.4, 0.5) is 18.9 Å². The van der Waals surface area contributed by atoms with Gasteiger partial charge in [-0.1, -0.05) is 11.6 Å². The molecule has 0 saturated carbocycles. The first kappa shape index (κ1) is 15.5. The van der Waals surface area contributed by atoms with Gasteiger partial charge >= 0.3 is 0 Å². The minimum atomic E-state index is -4.49.